The average Bonchev–Trinajstić information content (AvgIpc) is 2.55. The summed E-state index contributed by atoms with van der Waals surface area (Å²) in [4.78, 5) is 12.3. The Bertz CT molecular complexity index is 649. The summed E-state index contributed by atoms with van der Waals surface area (Å²) in [7, 11) is 0. The lowest BCUT2D eigenvalue weighted by atomic mass is 9.90. The van der Waals surface area contributed by atoms with Crippen LogP contribution in [0.15, 0.2) is 54.6 Å². The number of hydrogen-bond acceptors (Lipinski definition) is 2. The highest BCUT2D eigenvalue weighted by molar-refractivity contribution is 5.82. The van der Waals surface area contributed by atoms with Crippen molar-refractivity contribution in [1.82, 2.24) is 0 Å². The predicted molar refractivity (Wildman–Crippen MR) is 85.7 cm³/mol. The topological polar surface area (TPSA) is 26.3 Å². The second kappa shape index (κ2) is 7.99. The zero-order valence-corrected chi connectivity index (χ0v) is 13.3. The van der Waals surface area contributed by atoms with Gasteiger partial charge in [-0.05, 0) is 23.1 Å². The van der Waals surface area contributed by atoms with Crippen LogP contribution in [-0.4, -0.2) is 18.8 Å². The summed E-state index contributed by atoms with van der Waals surface area (Å²) < 4.78 is 41.5. The highest BCUT2D eigenvalue weighted by Crippen LogP contribution is 2.27. The van der Waals surface area contributed by atoms with E-state index < -0.39 is 24.7 Å². The molecule has 0 bridgehead atoms. The van der Waals surface area contributed by atoms with Crippen LogP contribution in [0.5, 0.6) is 0 Å². The molecule has 0 aliphatic rings. The monoisotopic (exact) mass is 336 g/mol. The molecule has 0 saturated heterocycles. The Morgan fingerprint density at radius 2 is 1.58 bits per heavy atom. The van der Waals surface area contributed by atoms with Gasteiger partial charge in [0.25, 0.3) is 0 Å². The van der Waals surface area contributed by atoms with Crippen LogP contribution < -0.4 is 0 Å². The Labute approximate surface area is 139 Å². The number of hydrogen-bond donors (Lipinski definition) is 0. The SMILES string of the molecule is CCCc1ccc(C(C(=O)OCC(F)(F)F)c2ccccc2)cc1. The fourth-order valence-electron chi connectivity index (χ4n) is 2.51. The molecule has 128 valence electrons. The third-order valence-corrected chi connectivity index (χ3v) is 3.60. The van der Waals surface area contributed by atoms with Gasteiger partial charge in [-0.25, -0.2) is 0 Å². The maximum absolute atomic E-state index is 12.3. The molecule has 0 saturated carbocycles. The molecule has 0 radical (unpaired) electrons. The van der Waals surface area contributed by atoms with Crippen LogP contribution >= 0.6 is 0 Å². The number of carbonyl (C=O) groups excluding carboxylic acids is 1. The van der Waals surface area contributed by atoms with E-state index in [2.05, 4.69) is 11.7 Å². The van der Waals surface area contributed by atoms with Crippen LogP contribution in [-0.2, 0) is 16.0 Å². The Morgan fingerprint density at radius 3 is 2.12 bits per heavy atom. The first kappa shape index (κ1) is 18.0. The van der Waals surface area contributed by atoms with E-state index in [1.807, 2.05) is 12.1 Å². The van der Waals surface area contributed by atoms with Crippen molar-refractivity contribution in [2.75, 3.05) is 6.61 Å². The number of ether oxygens (including phenoxy) is 1. The Hall–Kier alpha value is -2.30. The molecule has 0 amide bonds. The summed E-state index contributed by atoms with van der Waals surface area (Å²) in [6.07, 6.45) is -2.63. The quantitative estimate of drug-likeness (QED) is 0.703. The Kier molecular flexibility index (Phi) is 6.01. The Morgan fingerprint density at radius 1 is 1.00 bits per heavy atom. The van der Waals surface area contributed by atoms with Gasteiger partial charge in [0, 0.05) is 0 Å². The predicted octanol–water partition coefficient (Wildman–Crippen LogP) is 4.88. The van der Waals surface area contributed by atoms with E-state index in [0.717, 1.165) is 18.4 Å². The summed E-state index contributed by atoms with van der Waals surface area (Å²) in [6.45, 7) is 0.484. The second-order valence-corrected chi connectivity index (χ2v) is 5.56. The third kappa shape index (κ3) is 5.11. The van der Waals surface area contributed by atoms with Crippen molar-refractivity contribution in [3.05, 3.63) is 71.3 Å². The van der Waals surface area contributed by atoms with Crippen LogP contribution in [0.3, 0.4) is 0 Å². The van der Waals surface area contributed by atoms with Crippen LogP contribution in [0.25, 0.3) is 0 Å². The fraction of sp³-hybridized carbons (Fsp3) is 0.316. The maximum Gasteiger partial charge on any atom is 0.422 e. The molecule has 0 fully saturated rings. The normalized spacial score (nSPS) is 12.7. The van der Waals surface area contributed by atoms with Gasteiger partial charge in [0.2, 0.25) is 0 Å². The minimum Gasteiger partial charge on any atom is -0.455 e. The van der Waals surface area contributed by atoms with Gasteiger partial charge in [-0.15, -0.1) is 0 Å². The largest absolute Gasteiger partial charge is 0.455 e. The molecule has 0 aliphatic heterocycles. The minimum atomic E-state index is -4.54. The van der Waals surface area contributed by atoms with E-state index in [4.69, 9.17) is 0 Å². The minimum absolute atomic E-state index is 0.605. The van der Waals surface area contributed by atoms with Gasteiger partial charge in [0.05, 0.1) is 0 Å². The number of benzene rings is 2. The van der Waals surface area contributed by atoms with Crippen molar-refractivity contribution in [3.63, 3.8) is 0 Å². The van der Waals surface area contributed by atoms with Crippen molar-refractivity contribution in [2.24, 2.45) is 0 Å². The molecule has 0 heterocycles. The zero-order chi connectivity index (χ0) is 17.6. The van der Waals surface area contributed by atoms with Crippen LogP contribution in [0.1, 0.15) is 36.0 Å². The van der Waals surface area contributed by atoms with Crippen LogP contribution in [0.4, 0.5) is 13.2 Å². The third-order valence-electron chi connectivity index (χ3n) is 3.60. The summed E-state index contributed by atoms with van der Waals surface area (Å²) >= 11 is 0. The summed E-state index contributed by atoms with van der Waals surface area (Å²) in [5, 5.41) is 0. The van der Waals surface area contributed by atoms with Crippen molar-refractivity contribution in [2.45, 2.75) is 31.9 Å². The highest BCUT2D eigenvalue weighted by Gasteiger charge is 2.32. The number of halogens is 3. The van der Waals surface area contributed by atoms with Crippen molar-refractivity contribution in [3.8, 4) is 0 Å². The molecule has 5 heteroatoms. The molecule has 2 aromatic carbocycles. The van der Waals surface area contributed by atoms with E-state index in [-0.39, 0.29) is 0 Å². The summed E-state index contributed by atoms with van der Waals surface area (Å²) in [5.74, 6) is -1.77. The zero-order valence-electron chi connectivity index (χ0n) is 13.3. The number of esters is 1. The number of aryl methyl sites for hydroxylation is 1. The first-order valence-corrected chi connectivity index (χ1v) is 7.78. The molecular weight excluding hydrogens is 317 g/mol. The lowest BCUT2D eigenvalue weighted by molar-refractivity contribution is -0.186. The maximum atomic E-state index is 12.3. The molecule has 2 aromatic rings. The van der Waals surface area contributed by atoms with Crippen molar-refractivity contribution in [1.29, 1.82) is 0 Å². The van der Waals surface area contributed by atoms with Crippen molar-refractivity contribution >= 4 is 5.97 Å². The lowest BCUT2D eigenvalue weighted by Gasteiger charge is -2.18. The van der Waals surface area contributed by atoms with Gasteiger partial charge in [-0.3, -0.25) is 4.79 Å². The molecule has 1 unspecified atom stereocenters. The van der Waals surface area contributed by atoms with E-state index in [9.17, 15) is 18.0 Å². The number of alkyl halides is 3. The molecule has 2 rings (SSSR count). The molecule has 0 N–H and O–H groups in total. The van der Waals surface area contributed by atoms with Gasteiger partial charge < -0.3 is 4.74 Å². The molecular formula is C19H19F3O2. The fourth-order valence-corrected chi connectivity index (χ4v) is 2.51. The molecule has 0 aromatic heterocycles. The molecule has 2 nitrogen and oxygen atoms in total. The lowest BCUT2D eigenvalue weighted by Crippen LogP contribution is -2.24. The highest BCUT2D eigenvalue weighted by atomic mass is 19.4. The van der Waals surface area contributed by atoms with Crippen molar-refractivity contribution < 1.29 is 22.7 Å². The van der Waals surface area contributed by atoms with Gasteiger partial charge in [-0.1, -0.05) is 67.9 Å². The average molecular weight is 336 g/mol. The first-order valence-electron chi connectivity index (χ1n) is 7.78. The molecule has 1 atom stereocenters. The summed E-state index contributed by atoms with van der Waals surface area (Å²) in [6, 6.07) is 16.0. The van der Waals surface area contributed by atoms with Crippen LogP contribution in [0.2, 0.25) is 0 Å². The van der Waals surface area contributed by atoms with Gasteiger partial charge in [0.15, 0.2) is 6.61 Å². The second-order valence-electron chi connectivity index (χ2n) is 5.56. The molecule has 0 aliphatic carbocycles. The Balaban J connectivity index is 2.28. The standard InChI is InChI=1S/C19H19F3O2/c1-2-6-14-9-11-16(12-10-14)17(15-7-4-3-5-8-15)18(23)24-13-19(20,21)22/h3-5,7-12,17H,2,6,13H2,1H3. The van der Waals surface area contributed by atoms with Gasteiger partial charge >= 0.3 is 12.1 Å². The van der Waals surface area contributed by atoms with E-state index >= 15 is 0 Å². The van der Waals surface area contributed by atoms with E-state index in [1.54, 1.807) is 42.5 Å². The van der Waals surface area contributed by atoms with Gasteiger partial charge in [0.1, 0.15) is 5.92 Å². The summed E-state index contributed by atoms with van der Waals surface area (Å²) in [5.41, 5.74) is 2.35. The molecule has 24 heavy (non-hydrogen) atoms. The first-order chi connectivity index (χ1) is 11.4. The smallest absolute Gasteiger partial charge is 0.422 e. The van der Waals surface area contributed by atoms with E-state index in [0.29, 0.717) is 11.1 Å². The van der Waals surface area contributed by atoms with E-state index in [1.165, 1.54) is 0 Å². The molecule has 0 spiro atoms. The van der Waals surface area contributed by atoms with Crippen LogP contribution in [0, 0.1) is 0 Å². The number of rotatable bonds is 6. The van der Waals surface area contributed by atoms with Gasteiger partial charge in [-0.2, -0.15) is 13.2 Å². The number of carbonyl (C=O) groups is 1.